The van der Waals surface area contributed by atoms with E-state index < -0.39 is 6.10 Å². The van der Waals surface area contributed by atoms with Gasteiger partial charge in [-0.05, 0) is 33.6 Å². The number of furan rings is 1. The van der Waals surface area contributed by atoms with Crippen LogP contribution in [0.15, 0.2) is 45.5 Å². The average Bonchev–Trinajstić information content (AvgIpc) is 2.76. The second-order valence-corrected chi connectivity index (χ2v) is 4.52. The first-order valence-corrected chi connectivity index (χ1v) is 6.04. The summed E-state index contributed by atoms with van der Waals surface area (Å²) in [6.07, 6.45) is 1.32. The molecule has 1 aromatic carbocycles. The van der Waals surface area contributed by atoms with Crippen LogP contribution in [0.4, 0.5) is 0 Å². The summed E-state index contributed by atoms with van der Waals surface area (Å²) in [5.74, 6) is 1.31. The summed E-state index contributed by atoms with van der Waals surface area (Å²) in [5.41, 5.74) is 0.950. The molecule has 0 saturated heterocycles. The van der Waals surface area contributed by atoms with E-state index in [9.17, 15) is 5.11 Å². The van der Waals surface area contributed by atoms with Gasteiger partial charge in [-0.2, -0.15) is 0 Å². The topological polar surface area (TPSA) is 42.6 Å². The van der Waals surface area contributed by atoms with Crippen molar-refractivity contribution in [2.45, 2.75) is 12.5 Å². The van der Waals surface area contributed by atoms with Crippen LogP contribution < -0.4 is 4.74 Å². The highest BCUT2D eigenvalue weighted by Gasteiger charge is 2.17. The summed E-state index contributed by atoms with van der Waals surface area (Å²) in [5, 5.41) is 10.1. The van der Waals surface area contributed by atoms with E-state index in [-0.39, 0.29) is 0 Å². The van der Waals surface area contributed by atoms with Gasteiger partial charge < -0.3 is 14.3 Å². The molecule has 17 heavy (non-hydrogen) atoms. The van der Waals surface area contributed by atoms with Crippen LogP contribution in [-0.4, -0.2) is 12.2 Å². The predicted molar refractivity (Wildman–Crippen MR) is 68.1 cm³/mol. The van der Waals surface area contributed by atoms with Gasteiger partial charge in [0.25, 0.3) is 0 Å². The van der Waals surface area contributed by atoms with Gasteiger partial charge in [-0.3, -0.25) is 0 Å². The van der Waals surface area contributed by atoms with Crippen molar-refractivity contribution >= 4 is 15.9 Å². The van der Waals surface area contributed by atoms with E-state index in [1.54, 1.807) is 19.4 Å². The van der Waals surface area contributed by atoms with E-state index >= 15 is 0 Å². The molecule has 0 fully saturated rings. The number of halogens is 1. The summed E-state index contributed by atoms with van der Waals surface area (Å²) in [7, 11) is 1.62. The first-order valence-electron chi connectivity index (χ1n) is 5.25. The highest BCUT2D eigenvalue weighted by Crippen LogP contribution is 2.29. The van der Waals surface area contributed by atoms with Crippen LogP contribution in [0.2, 0.25) is 0 Å². The number of aliphatic hydroxyl groups excluding tert-OH is 1. The van der Waals surface area contributed by atoms with Crippen LogP contribution >= 0.6 is 15.9 Å². The second kappa shape index (κ2) is 5.38. The van der Waals surface area contributed by atoms with Gasteiger partial charge in [0.05, 0.1) is 17.8 Å². The SMILES string of the molecule is COc1ccccc1CC(O)c1occc1Br. The molecule has 0 saturated carbocycles. The fourth-order valence-corrected chi connectivity index (χ4v) is 2.18. The number of methoxy groups -OCH3 is 1. The van der Waals surface area contributed by atoms with Crippen LogP contribution in [0.1, 0.15) is 17.4 Å². The van der Waals surface area contributed by atoms with E-state index in [0.29, 0.717) is 12.2 Å². The van der Waals surface area contributed by atoms with Gasteiger partial charge in [-0.15, -0.1) is 0 Å². The summed E-state index contributed by atoms with van der Waals surface area (Å²) >= 11 is 3.33. The summed E-state index contributed by atoms with van der Waals surface area (Å²) in [6, 6.07) is 9.39. The zero-order valence-electron chi connectivity index (χ0n) is 9.39. The van der Waals surface area contributed by atoms with Gasteiger partial charge >= 0.3 is 0 Å². The van der Waals surface area contributed by atoms with E-state index in [4.69, 9.17) is 9.15 Å². The third-order valence-electron chi connectivity index (χ3n) is 2.55. The number of aliphatic hydroxyl groups is 1. The Morgan fingerprint density at radius 3 is 2.76 bits per heavy atom. The monoisotopic (exact) mass is 296 g/mol. The van der Waals surface area contributed by atoms with E-state index in [1.165, 1.54) is 0 Å². The van der Waals surface area contributed by atoms with E-state index in [2.05, 4.69) is 15.9 Å². The van der Waals surface area contributed by atoms with E-state index in [1.807, 2.05) is 24.3 Å². The number of benzene rings is 1. The molecule has 1 heterocycles. The van der Waals surface area contributed by atoms with E-state index in [0.717, 1.165) is 15.8 Å². The highest BCUT2D eigenvalue weighted by atomic mass is 79.9. The first-order chi connectivity index (χ1) is 8.22. The lowest BCUT2D eigenvalue weighted by Crippen LogP contribution is -2.02. The molecule has 0 amide bonds. The normalized spacial score (nSPS) is 12.4. The largest absolute Gasteiger partial charge is 0.496 e. The predicted octanol–water partition coefficient (Wildman–Crippen LogP) is 3.33. The highest BCUT2D eigenvalue weighted by molar-refractivity contribution is 9.10. The van der Waals surface area contributed by atoms with Crippen molar-refractivity contribution in [3.63, 3.8) is 0 Å². The van der Waals surface area contributed by atoms with Crippen molar-refractivity contribution in [2.75, 3.05) is 7.11 Å². The Morgan fingerprint density at radius 2 is 2.12 bits per heavy atom. The molecule has 2 rings (SSSR count). The zero-order chi connectivity index (χ0) is 12.3. The number of para-hydroxylation sites is 1. The van der Waals surface area contributed by atoms with Crippen molar-refractivity contribution in [1.82, 2.24) is 0 Å². The molecule has 0 spiro atoms. The Balaban J connectivity index is 2.18. The van der Waals surface area contributed by atoms with Crippen molar-refractivity contribution in [3.05, 3.63) is 52.4 Å². The smallest absolute Gasteiger partial charge is 0.146 e. The Labute approximate surface area is 108 Å². The number of rotatable bonds is 4. The zero-order valence-corrected chi connectivity index (χ0v) is 11.0. The summed E-state index contributed by atoms with van der Waals surface area (Å²) in [4.78, 5) is 0. The number of hydrogen-bond donors (Lipinski definition) is 1. The third-order valence-corrected chi connectivity index (χ3v) is 3.21. The summed E-state index contributed by atoms with van der Waals surface area (Å²) in [6.45, 7) is 0. The van der Waals surface area contributed by atoms with Gasteiger partial charge in [0.15, 0.2) is 0 Å². The minimum Gasteiger partial charge on any atom is -0.496 e. The molecular weight excluding hydrogens is 284 g/mol. The third kappa shape index (κ3) is 2.70. The van der Waals surface area contributed by atoms with Gasteiger partial charge in [0.1, 0.15) is 17.6 Å². The molecule has 1 atom stereocenters. The van der Waals surface area contributed by atoms with Crippen LogP contribution in [-0.2, 0) is 6.42 Å². The van der Waals surface area contributed by atoms with Crippen LogP contribution in [0.5, 0.6) is 5.75 Å². The molecule has 1 aromatic heterocycles. The van der Waals surface area contributed by atoms with Gasteiger partial charge in [-0.25, -0.2) is 0 Å². The molecule has 1 unspecified atom stereocenters. The maximum Gasteiger partial charge on any atom is 0.146 e. The lowest BCUT2D eigenvalue weighted by molar-refractivity contribution is 0.148. The molecule has 4 heteroatoms. The lowest BCUT2D eigenvalue weighted by atomic mass is 10.1. The molecule has 0 aliphatic heterocycles. The molecule has 0 bridgehead atoms. The van der Waals surface area contributed by atoms with Crippen LogP contribution in [0.3, 0.4) is 0 Å². The average molecular weight is 297 g/mol. The molecule has 0 radical (unpaired) electrons. The van der Waals surface area contributed by atoms with Crippen LogP contribution in [0, 0.1) is 0 Å². The van der Waals surface area contributed by atoms with Crippen molar-refractivity contribution in [3.8, 4) is 5.75 Å². The minimum absolute atomic E-state index is 0.454. The quantitative estimate of drug-likeness (QED) is 0.941. The molecule has 3 nitrogen and oxygen atoms in total. The fourth-order valence-electron chi connectivity index (χ4n) is 1.72. The maximum atomic E-state index is 10.1. The van der Waals surface area contributed by atoms with Crippen molar-refractivity contribution in [1.29, 1.82) is 0 Å². The molecule has 0 aliphatic carbocycles. The Hall–Kier alpha value is -1.26. The minimum atomic E-state index is -0.685. The molecule has 0 aliphatic rings. The lowest BCUT2D eigenvalue weighted by Gasteiger charge is -2.11. The first kappa shape index (κ1) is 12.2. The molecule has 90 valence electrons. The second-order valence-electron chi connectivity index (χ2n) is 3.66. The maximum absolute atomic E-state index is 10.1. The van der Waals surface area contributed by atoms with Gasteiger partial charge in [0, 0.05) is 6.42 Å². The molecular formula is C13H13BrO3. The van der Waals surface area contributed by atoms with Gasteiger partial charge in [0.2, 0.25) is 0 Å². The summed E-state index contributed by atoms with van der Waals surface area (Å²) < 4.78 is 11.3. The van der Waals surface area contributed by atoms with Crippen molar-refractivity contribution in [2.24, 2.45) is 0 Å². The Bertz CT molecular complexity index is 493. The Morgan fingerprint density at radius 1 is 1.35 bits per heavy atom. The van der Waals surface area contributed by atoms with Crippen LogP contribution in [0.25, 0.3) is 0 Å². The number of ether oxygens (including phenoxy) is 1. The molecule has 2 aromatic rings. The van der Waals surface area contributed by atoms with Gasteiger partial charge in [-0.1, -0.05) is 18.2 Å². The standard InChI is InChI=1S/C13H13BrO3/c1-16-12-5-3-2-4-9(12)8-11(15)13-10(14)6-7-17-13/h2-7,11,15H,8H2,1H3. The number of hydrogen-bond acceptors (Lipinski definition) is 3. The fraction of sp³-hybridized carbons (Fsp3) is 0.231. The Kier molecular flexibility index (Phi) is 3.86. The van der Waals surface area contributed by atoms with Crippen molar-refractivity contribution < 1.29 is 14.3 Å². The molecule has 1 N–H and O–H groups in total.